The van der Waals surface area contributed by atoms with Gasteiger partial charge < -0.3 is 20.3 Å². The van der Waals surface area contributed by atoms with Gasteiger partial charge in [-0.25, -0.2) is 4.98 Å². The molecule has 0 radical (unpaired) electrons. The number of hydrogen-bond acceptors (Lipinski definition) is 8. The Morgan fingerprint density at radius 2 is 2.06 bits per heavy atom. The van der Waals surface area contributed by atoms with E-state index in [1.165, 1.54) is 11.3 Å². The minimum absolute atomic E-state index is 0.159. The molecule has 164 valence electrons. The Morgan fingerprint density at radius 3 is 2.81 bits per heavy atom. The Bertz CT molecular complexity index is 1070. The number of anilines is 2. The number of piperidine rings is 1. The number of nitrogens with zero attached hydrogens (tertiary/aromatic N) is 3. The van der Waals surface area contributed by atoms with Gasteiger partial charge in [0.15, 0.2) is 0 Å². The van der Waals surface area contributed by atoms with E-state index in [9.17, 15) is 4.79 Å². The highest BCUT2D eigenvalue weighted by molar-refractivity contribution is 7.21. The fourth-order valence-corrected chi connectivity index (χ4v) is 5.26. The number of thiazole rings is 1. The second-order valence-electron chi connectivity index (χ2n) is 8.13. The molecule has 3 N–H and O–H groups in total. The molecule has 2 aliphatic rings. The maximum Gasteiger partial charge on any atom is 0.264 e. The lowest BCUT2D eigenvalue weighted by molar-refractivity contribution is 0.122. The average molecular weight is 441 g/mol. The van der Waals surface area contributed by atoms with E-state index in [-0.39, 0.29) is 11.6 Å². The van der Waals surface area contributed by atoms with Crippen LogP contribution in [0.1, 0.15) is 26.2 Å². The molecule has 0 amide bonds. The summed E-state index contributed by atoms with van der Waals surface area (Å²) in [5.74, 6) is 1.21. The standard InChI is InChI=1S/C22H28N6O2S/c1-2-14-7-8-15(13-23-14)24-19-18(21-25-16-5-3-4-6-17(16)31-21)20(29)27-22(26-19)28-9-11-30-12-10-28/h3-6,14-15,23H,2,7-13H2,1H3,(H2,24,26,27,29)/t14-,15-/m1/s1. The number of morpholine rings is 1. The molecular weight excluding hydrogens is 412 g/mol. The van der Waals surface area contributed by atoms with E-state index in [0.717, 1.165) is 36.0 Å². The molecule has 1 aromatic carbocycles. The van der Waals surface area contributed by atoms with Gasteiger partial charge in [-0.3, -0.25) is 9.78 Å². The largest absolute Gasteiger partial charge is 0.378 e. The van der Waals surface area contributed by atoms with Gasteiger partial charge in [-0.1, -0.05) is 19.1 Å². The van der Waals surface area contributed by atoms with E-state index < -0.39 is 0 Å². The van der Waals surface area contributed by atoms with Gasteiger partial charge in [0.1, 0.15) is 16.4 Å². The third-order valence-corrected chi connectivity index (χ3v) is 7.13. The molecule has 31 heavy (non-hydrogen) atoms. The molecular formula is C22H28N6O2S. The Hall–Kier alpha value is -2.49. The molecule has 2 aliphatic heterocycles. The Balaban J connectivity index is 1.53. The fourth-order valence-electron chi connectivity index (χ4n) is 4.25. The lowest BCUT2D eigenvalue weighted by Crippen LogP contribution is -2.45. The molecule has 0 saturated carbocycles. The summed E-state index contributed by atoms with van der Waals surface area (Å²) < 4.78 is 6.52. The van der Waals surface area contributed by atoms with E-state index in [1.54, 1.807) is 0 Å². The highest BCUT2D eigenvalue weighted by Crippen LogP contribution is 2.32. The second kappa shape index (κ2) is 8.94. The van der Waals surface area contributed by atoms with Gasteiger partial charge in [0, 0.05) is 31.7 Å². The van der Waals surface area contributed by atoms with Crippen LogP contribution in [0.25, 0.3) is 20.8 Å². The summed E-state index contributed by atoms with van der Waals surface area (Å²) in [6.45, 7) is 5.77. The number of hydrogen-bond donors (Lipinski definition) is 3. The molecule has 9 heteroatoms. The topological polar surface area (TPSA) is 95.2 Å². The molecule has 0 bridgehead atoms. The SMILES string of the molecule is CC[C@@H]1CC[C@@H](Nc2nc(N3CCOCC3)[nH]c(=O)c2-c2nc3ccccc3s2)CN1. The zero-order valence-electron chi connectivity index (χ0n) is 17.7. The maximum atomic E-state index is 13.3. The number of benzene rings is 1. The fraction of sp³-hybridized carbons (Fsp3) is 0.500. The first kappa shape index (κ1) is 20.4. The van der Waals surface area contributed by atoms with Gasteiger partial charge >= 0.3 is 0 Å². The van der Waals surface area contributed by atoms with E-state index in [1.807, 2.05) is 24.3 Å². The number of H-pyrrole nitrogens is 1. The van der Waals surface area contributed by atoms with Crippen LogP contribution in [0.3, 0.4) is 0 Å². The number of aromatic nitrogens is 3. The van der Waals surface area contributed by atoms with Gasteiger partial charge in [0.05, 0.1) is 23.4 Å². The van der Waals surface area contributed by atoms with Crippen LogP contribution in [0, 0.1) is 0 Å². The Morgan fingerprint density at radius 1 is 1.23 bits per heavy atom. The van der Waals surface area contributed by atoms with E-state index in [0.29, 0.717) is 54.7 Å². The van der Waals surface area contributed by atoms with Crippen molar-refractivity contribution in [3.05, 3.63) is 34.6 Å². The van der Waals surface area contributed by atoms with Crippen molar-refractivity contribution in [1.29, 1.82) is 0 Å². The van der Waals surface area contributed by atoms with Crippen molar-refractivity contribution in [3.8, 4) is 10.6 Å². The molecule has 2 saturated heterocycles. The number of ether oxygens (including phenoxy) is 1. The molecule has 0 unspecified atom stereocenters. The maximum absolute atomic E-state index is 13.3. The van der Waals surface area contributed by atoms with Crippen molar-refractivity contribution < 1.29 is 4.74 Å². The van der Waals surface area contributed by atoms with Crippen molar-refractivity contribution in [2.45, 2.75) is 38.3 Å². The summed E-state index contributed by atoms with van der Waals surface area (Å²) in [4.78, 5) is 28.0. The van der Waals surface area contributed by atoms with E-state index >= 15 is 0 Å². The quantitative estimate of drug-likeness (QED) is 0.561. The van der Waals surface area contributed by atoms with E-state index in [4.69, 9.17) is 14.7 Å². The zero-order valence-corrected chi connectivity index (χ0v) is 18.5. The third-order valence-electron chi connectivity index (χ3n) is 6.08. The lowest BCUT2D eigenvalue weighted by Gasteiger charge is -2.31. The van der Waals surface area contributed by atoms with Gasteiger partial charge in [0.25, 0.3) is 5.56 Å². The summed E-state index contributed by atoms with van der Waals surface area (Å²) in [6.07, 6.45) is 3.30. The minimum atomic E-state index is -0.159. The number of nitrogens with one attached hydrogen (secondary N) is 3. The van der Waals surface area contributed by atoms with Crippen LogP contribution in [0.4, 0.5) is 11.8 Å². The summed E-state index contributed by atoms with van der Waals surface area (Å²) in [5, 5.41) is 7.86. The van der Waals surface area contributed by atoms with Crippen LogP contribution in [0.5, 0.6) is 0 Å². The van der Waals surface area contributed by atoms with Crippen LogP contribution < -0.4 is 21.1 Å². The van der Waals surface area contributed by atoms with Crippen molar-refractivity contribution in [3.63, 3.8) is 0 Å². The first-order valence-corrected chi connectivity index (χ1v) is 11.9. The molecule has 2 atom stereocenters. The number of para-hydroxylation sites is 1. The van der Waals surface area contributed by atoms with Crippen LogP contribution >= 0.6 is 11.3 Å². The molecule has 0 spiro atoms. The van der Waals surface area contributed by atoms with Gasteiger partial charge in [-0.15, -0.1) is 11.3 Å². The number of fused-ring (bicyclic) bond motifs is 1. The minimum Gasteiger partial charge on any atom is -0.378 e. The molecule has 5 rings (SSSR count). The number of aromatic amines is 1. The number of rotatable bonds is 5. The normalized spacial score (nSPS) is 22.0. The smallest absolute Gasteiger partial charge is 0.264 e. The van der Waals surface area contributed by atoms with Crippen LogP contribution in [-0.2, 0) is 4.74 Å². The van der Waals surface area contributed by atoms with E-state index in [2.05, 4.69) is 27.4 Å². The average Bonchev–Trinajstić information content (AvgIpc) is 3.23. The predicted octanol–water partition coefficient (Wildman–Crippen LogP) is 2.83. The lowest BCUT2D eigenvalue weighted by atomic mass is 9.99. The van der Waals surface area contributed by atoms with Crippen LogP contribution in [0.2, 0.25) is 0 Å². The first-order valence-electron chi connectivity index (χ1n) is 11.0. The Labute approximate surface area is 185 Å². The van der Waals surface area contributed by atoms with Crippen molar-refractivity contribution >= 4 is 33.3 Å². The van der Waals surface area contributed by atoms with Crippen LogP contribution in [0.15, 0.2) is 29.1 Å². The predicted molar refractivity (Wildman–Crippen MR) is 125 cm³/mol. The molecule has 2 aromatic heterocycles. The van der Waals surface area contributed by atoms with Gasteiger partial charge in [-0.05, 0) is 31.4 Å². The highest BCUT2D eigenvalue weighted by Gasteiger charge is 2.25. The van der Waals surface area contributed by atoms with Crippen molar-refractivity contribution in [2.24, 2.45) is 0 Å². The van der Waals surface area contributed by atoms with Crippen molar-refractivity contribution in [1.82, 2.24) is 20.3 Å². The van der Waals surface area contributed by atoms with Crippen molar-refractivity contribution in [2.75, 3.05) is 43.1 Å². The molecule has 3 aromatic rings. The van der Waals surface area contributed by atoms with Gasteiger partial charge in [0.2, 0.25) is 5.95 Å². The summed E-state index contributed by atoms with van der Waals surface area (Å²) >= 11 is 1.53. The summed E-state index contributed by atoms with van der Waals surface area (Å²) in [5.41, 5.74) is 1.26. The third kappa shape index (κ3) is 4.30. The van der Waals surface area contributed by atoms with Gasteiger partial charge in [-0.2, -0.15) is 4.98 Å². The molecule has 4 heterocycles. The Kier molecular flexibility index (Phi) is 5.89. The zero-order chi connectivity index (χ0) is 21.2. The highest BCUT2D eigenvalue weighted by atomic mass is 32.1. The second-order valence-corrected chi connectivity index (χ2v) is 9.16. The monoisotopic (exact) mass is 440 g/mol. The molecule has 0 aliphatic carbocycles. The summed E-state index contributed by atoms with van der Waals surface area (Å²) in [7, 11) is 0. The first-order chi connectivity index (χ1) is 15.2. The summed E-state index contributed by atoms with van der Waals surface area (Å²) in [6, 6.07) is 8.75. The van der Waals surface area contributed by atoms with Crippen LogP contribution in [-0.4, -0.2) is 59.9 Å². The molecule has 8 nitrogen and oxygen atoms in total. The molecule has 2 fully saturated rings.